The number of hydrogen-bond acceptors (Lipinski definition) is 5. The molecule has 2 N–H and O–H groups in total. The third-order valence-corrected chi connectivity index (χ3v) is 10.1. The molecule has 2 fully saturated rings. The van der Waals surface area contributed by atoms with E-state index in [0.717, 1.165) is 51.3 Å². The minimum Gasteiger partial charge on any atom is -0.381 e. The second-order valence-corrected chi connectivity index (χ2v) is 14.3. The molecule has 2 heterocycles. The van der Waals surface area contributed by atoms with Crippen LogP contribution in [0.4, 0.5) is 8.78 Å². The van der Waals surface area contributed by atoms with Crippen molar-refractivity contribution in [3.8, 4) is 11.3 Å². The van der Waals surface area contributed by atoms with Gasteiger partial charge in [0.1, 0.15) is 0 Å². The van der Waals surface area contributed by atoms with Gasteiger partial charge in [-0.2, -0.15) is 8.78 Å². The summed E-state index contributed by atoms with van der Waals surface area (Å²) in [5.41, 5.74) is 1.36. The molecule has 1 amide bonds. The third-order valence-electron chi connectivity index (χ3n) is 8.27. The summed E-state index contributed by atoms with van der Waals surface area (Å²) in [5.74, 6) is 0.196. The van der Waals surface area contributed by atoms with Gasteiger partial charge >= 0.3 is 6.11 Å². The van der Waals surface area contributed by atoms with Crippen LogP contribution in [0.5, 0.6) is 0 Å². The number of methoxy groups -OCH3 is 1. The van der Waals surface area contributed by atoms with E-state index in [0.29, 0.717) is 48.1 Å². The minimum atomic E-state index is -4.31. The summed E-state index contributed by atoms with van der Waals surface area (Å²) in [7, 11) is -3.46. The average molecular weight is 610 g/mol. The Kier molecular flexibility index (Phi) is 9.86. The highest BCUT2D eigenvalue weighted by Gasteiger charge is 2.39. The van der Waals surface area contributed by atoms with E-state index in [9.17, 15) is 13.2 Å². The van der Waals surface area contributed by atoms with Crippen molar-refractivity contribution in [3.05, 3.63) is 40.6 Å². The highest BCUT2D eigenvalue weighted by Crippen LogP contribution is 2.40. The molecular formula is C31H45F2N3O5S. The Labute approximate surface area is 248 Å². The fraction of sp³-hybridized carbons (Fsp3) is 0.645. The lowest BCUT2D eigenvalue weighted by molar-refractivity contribution is -0.233. The number of carbonyl (C=O) groups is 1. The molecular weight excluding hydrogens is 564 g/mol. The van der Waals surface area contributed by atoms with Gasteiger partial charge in [0.25, 0.3) is 5.91 Å². The molecule has 8 nitrogen and oxygen atoms in total. The van der Waals surface area contributed by atoms with Crippen molar-refractivity contribution in [3.63, 3.8) is 0 Å². The van der Waals surface area contributed by atoms with Crippen LogP contribution in [0, 0.1) is 19.8 Å². The summed E-state index contributed by atoms with van der Waals surface area (Å²) in [4.78, 5) is 13.1. The Morgan fingerprint density at radius 3 is 2.31 bits per heavy atom. The number of alkyl halides is 2. The van der Waals surface area contributed by atoms with E-state index >= 15 is 8.78 Å². The zero-order valence-electron chi connectivity index (χ0n) is 25.6. The maximum atomic E-state index is 15.3. The van der Waals surface area contributed by atoms with Crippen molar-refractivity contribution in [2.75, 3.05) is 20.3 Å². The molecule has 4 rings (SSSR count). The number of hydrogen-bond donors (Lipinski definition) is 2. The normalized spacial score (nSPS) is 17.9. The summed E-state index contributed by atoms with van der Waals surface area (Å²) in [5, 5.41) is 3.15. The van der Waals surface area contributed by atoms with Gasteiger partial charge in [-0.1, -0.05) is 25.3 Å². The zero-order chi connectivity index (χ0) is 30.9. The average Bonchev–Trinajstić information content (AvgIpc) is 3.16. The van der Waals surface area contributed by atoms with E-state index < -0.39 is 32.1 Å². The van der Waals surface area contributed by atoms with E-state index in [4.69, 9.17) is 4.74 Å². The van der Waals surface area contributed by atoms with E-state index in [2.05, 4.69) is 19.3 Å². The van der Waals surface area contributed by atoms with Gasteiger partial charge in [0.2, 0.25) is 10.0 Å². The number of sulfonamides is 1. The predicted molar refractivity (Wildman–Crippen MR) is 158 cm³/mol. The lowest BCUT2D eigenvalue weighted by Crippen LogP contribution is -2.41. The number of amides is 1. The summed E-state index contributed by atoms with van der Waals surface area (Å²) in [6, 6.07) is 3.95. The van der Waals surface area contributed by atoms with Gasteiger partial charge < -0.3 is 19.4 Å². The number of nitrogens with one attached hydrogen (secondary N) is 2. The first kappa shape index (κ1) is 32.6. The highest BCUT2D eigenvalue weighted by atomic mass is 32.2. The molecule has 1 aliphatic heterocycles. The van der Waals surface area contributed by atoms with Crippen LogP contribution >= 0.6 is 0 Å². The van der Waals surface area contributed by atoms with Crippen LogP contribution in [-0.4, -0.2) is 50.8 Å². The van der Waals surface area contributed by atoms with Crippen molar-refractivity contribution < 1.29 is 31.5 Å². The largest absolute Gasteiger partial charge is 0.384 e. The molecule has 42 heavy (non-hydrogen) atoms. The number of aromatic nitrogens is 1. The van der Waals surface area contributed by atoms with E-state index in [1.807, 2.05) is 13.8 Å². The summed E-state index contributed by atoms with van der Waals surface area (Å²) in [6.07, 6.45) is 3.16. The van der Waals surface area contributed by atoms with Crippen LogP contribution in [0.15, 0.2) is 23.1 Å². The summed E-state index contributed by atoms with van der Waals surface area (Å²) >= 11 is 0. The molecule has 1 saturated heterocycles. The van der Waals surface area contributed by atoms with Gasteiger partial charge in [0, 0.05) is 44.1 Å². The lowest BCUT2D eigenvalue weighted by Gasteiger charge is -2.26. The van der Waals surface area contributed by atoms with Gasteiger partial charge in [-0.25, -0.2) is 13.1 Å². The van der Waals surface area contributed by atoms with Crippen molar-refractivity contribution in [1.29, 1.82) is 0 Å². The molecule has 1 aliphatic carbocycles. The quantitative estimate of drug-likeness (QED) is 0.362. The number of carbonyl (C=O) groups excluding carboxylic acids is 1. The monoisotopic (exact) mass is 609 g/mol. The number of ether oxygens (including phenoxy) is 2. The maximum Gasteiger partial charge on any atom is 0.384 e. The second kappa shape index (κ2) is 12.7. The van der Waals surface area contributed by atoms with Crippen LogP contribution < -0.4 is 10.0 Å². The van der Waals surface area contributed by atoms with E-state index in [1.54, 1.807) is 26.8 Å². The Morgan fingerprint density at radius 2 is 1.71 bits per heavy atom. The molecule has 0 atom stereocenters. The van der Waals surface area contributed by atoms with Gasteiger partial charge in [-0.05, 0) is 89.5 Å². The first-order chi connectivity index (χ1) is 19.6. The molecule has 0 radical (unpaired) electrons. The van der Waals surface area contributed by atoms with Crippen LogP contribution in [-0.2, 0) is 32.2 Å². The predicted octanol–water partition coefficient (Wildman–Crippen LogP) is 6.03. The first-order valence-electron chi connectivity index (χ1n) is 14.8. The topological polar surface area (TPSA) is 98.7 Å². The number of nitrogens with zero attached hydrogens (tertiary/aromatic N) is 1. The molecule has 0 unspecified atom stereocenters. The van der Waals surface area contributed by atoms with Crippen LogP contribution in [0.3, 0.4) is 0 Å². The molecule has 2 aliphatic rings. The molecule has 1 saturated carbocycles. The molecule has 11 heteroatoms. The van der Waals surface area contributed by atoms with E-state index in [-0.39, 0.29) is 11.9 Å². The Balaban J connectivity index is 1.86. The third kappa shape index (κ3) is 7.23. The van der Waals surface area contributed by atoms with Gasteiger partial charge in [0.15, 0.2) is 0 Å². The molecule has 1 aromatic heterocycles. The SMILES string of the molecule is COC(F)(F)c1cc(-c2c(C)c(C(=O)NC3CCOCC3)c(C)n2CC2CCCCC2)ccc1S(=O)(=O)NC(C)(C)C. The fourth-order valence-corrected chi connectivity index (χ4v) is 7.90. The van der Waals surface area contributed by atoms with Gasteiger partial charge in [-0.15, -0.1) is 0 Å². The van der Waals surface area contributed by atoms with Crippen molar-refractivity contribution in [2.45, 2.75) is 109 Å². The smallest absolute Gasteiger partial charge is 0.381 e. The van der Waals surface area contributed by atoms with Gasteiger partial charge in [0.05, 0.1) is 21.7 Å². The van der Waals surface area contributed by atoms with Crippen molar-refractivity contribution in [1.82, 2.24) is 14.6 Å². The Hall–Kier alpha value is -2.34. The van der Waals surface area contributed by atoms with E-state index in [1.165, 1.54) is 18.6 Å². The molecule has 0 spiro atoms. The second-order valence-electron chi connectivity index (χ2n) is 12.7. The molecule has 234 valence electrons. The number of benzene rings is 1. The molecule has 0 bridgehead atoms. The highest BCUT2D eigenvalue weighted by molar-refractivity contribution is 7.89. The van der Waals surface area contributed by atoms with Gasteiger partial charge in [-0.3, -0.25) is 4.79 Å². The number of rotatable bonds is 9. The number of halogens is 2. The zero-order valence-corrected chi connectivity index (χ0v) is 26.4. The van der Waals surface area contributed by atoms with Crippen molar-refractivity contribution >= 4 is 15.9 Å². The van der Waals surface area contributed by atoms with Crippen LogP contribution in [0.25, 0.3) is 11.3 Å². The first-order valence-corrected chi connectivity index (χ1v) is 16.3. The summed E-state index contributed by atoms with van der Waals surface area (Å²) < 4.78 is 71.5. The molecule has 1 aromatic carbocycles. The fourth-order valence-electron chi connectivity index (χ4n) is 6.26. The van der Waals surface area contributed by atoms with Crippen LogP contribution in [0.1, 0.15) is 92.9 Å². The van der Waals surface area contributed by atoms with Crippen molar-refractivity contribution in [2.24, 2.45) is 5.92 Å². The Morgan fingerprint density at radius 1 is 1.07 bits per heavy atom. The Bertz CT molecular complexity index is 1390. The standard InChI is InChI=1S/C31H45F2N3O5S/c1-20-27(29(37)34-24-14-16-41-17-15-24)21(2)36(19-22-10-8-7-9-11-22)28(20)23-12-13-26(25(18-23)31(32,33)40-6)42(38,39)35-30(3,4)5/h12-13,18,22,24,35H,7-11,14-17,19H2,1-6H3,(H,34,37). The summed E-state index contributed by atoms with van der Waals surface area (Å²) in [6.45, 7) is 10.5. The lowest BCUT2D eigenvalue weighted by atomic mass is 9.89. The molecule has 2 aromatic rings. The van der Waals surface area contributed by atoms with Crippen LogP contribution in [0.2, 0.25) is 0 Å². The maximum absolute atomic E-state index is 15.3. The minimum absolute atomic E-state index is 0.00185.